The van der Waals surface area contributed by atoms with Crippen LogP contribution in [0.25, 0.3) is 0 Å². The minimum atomic E-state index is -0.301. The molecule has 1 amide bonds. The molecule has 0 unspecified atom stereocenters. The highest BCUT2D eigenvalue weighted by Crippen LogP contribution is 1.97. The van der Waals surface area contributed by atoms with Gasteiger partial charge in [0.15, 0.2) is 0 Å². The number of hydrogen-bond acceptors (Lipinski definition) is 4. The van der Waals surface area contributed by atoms with Crippen LogP contribution in [0, 0.1) is 0 Å². The summed E-state index contributed by atoms with van der Waals surface area (Å²) in [5.74, 6) is -0.398. The summed E-state index contributed by atoms with van der Waals surface area (Å²) >= 11 is 0. The fraction of sp³-hybridized carbons (Fsp3) is 0.467. The maximum absolute atomic E-state index is 11.8. The van der Waals surface area contributed by atoms with Gasteiger partial charge in [-0.25, -0.2) is 0 Å². The number of nitrogens with zero attached hydrogens (tertiary/aromatic N) is 1. The normalized spacial score (nSPS) is 10.3. The van der Waals surface area contributed by atoms with Crippen LogP contribution in [0.15, 0.2) is 30.3 Å². The lowest BCUT2D eigenvalue weighted by molar-refractivity contribution is -0.144. The number of carbonyl (C=O) groups excluding carboxylic acids is 2. The van der Waals surface area contributed by atoms with Gasteiger partial charge in [0, 0.05) is 6.54 Å². The Bertz CT molecular complexity index is 420. The van der Waals surface area contributed by atoms with Gasteiger partial charge in [0.2, 0.25) is 5.91 Å². The molecule has 5 heteroatoms. The van der Waals surface area contributed by atoms with Gasteiger partial charge in [-0.15, -0.1) is 0 Å². The van der Waals surface area contributed by atoms with E-state index in [2.05, 4.69) is 5.32 Å². The van der Waals surface area contributed by atoms with E-state index in [1.807, 2.05) is 37.3 Å². The predicted octanol–water partition coefficient (Wildman–Crippen LogP) is 1.19. The average Bonchev–Trinajstić information content (AvgIpc) is 2.45. The number of rotatable bonds is 8. The summed E-state index contributed by atoms with van der Waals surface area (Å²) in [4.78, 5) is 24.9. The first-order chi connectivity index (χ1) is 9.65. The molecular formula is C15H22N2O3. The SMILES string of the molecule is CCOC(=O)CN(CC)CC(=O)NCc1ccccc1. The lowest BCUT2D eigenvalue weighted by atomic mass is 10.2. The van der Waals surface area contributed by atoms with Gasteiger partial charge in [0.1, 0.15) is 0 Å². The predicted molar refractivity (Wildman–Crippen MR) is 77.0 cm³/mol. The molecule has 5 nitrogen and oxygen atoms in total. The number of likely N-dealkylation sites (N-methyl/N-ethyl adjacent to an activating group) is 1. The first-order valence-electron chi connectivity index (χ1n) is 6.84. The van der Waals surface area contributed by atoms with Gasteiger partial charge >= 0.3 is 5.97 Å². The molecule has 110 valence electrons. The van der Waals surface area contributed by atoms with Gasteiger partial charge in [-0.2, -0.15) is 0 Å². The second-order valence-electron chi connectivity index (χ2n) is 4.37. The van der Waals surface area contributed by atoms with Crippen LogP contribution in [0.3, 0.4) is 0 Å². The van der Waals surface area contributed by atoms with E-state index in [-0.39, 0.29) is 25.0 Å². The summed E-state index contributed by atoms with van der Waals surface area (Å²) in [5, 5.41) is 2.84. The Morgan fingerprint density at radius 3 is 2.45 bits per heavy atom. The molecule has 0 saturated heterocycles. The van der Waals surface area contributed by atoms with Crippen LogP contribution < -0.4 is 5.32 Å². The van der Waals surface area contributed by atoms with Crippen molar-refractivity contribution in [2.45, 2.75) is 20.4 Å². The van der Waals surface area contributed by atoms with Gasteiger partial charge in [-0.05, 0) is 19.0 Å². The zero-order valence-corrected chi connectivity index (χ0v) is 12.1. The molecule has 0 atom stereocenters. The minimum Gasteiger partial charge on any atom is -0.465 e. The molecule has 1 rings (SSSR count). The molecule has 1 aromatic rings. The minimum absolute atomic E-state index is 0.0972. The lowest BCUT2D eigenvalue weighted by Crippen LogP contribution is -2.39. The van der Waals surface area contributed by atoms with Crippen molar-refractivity contribution in [1.82, 2.24) is 10.2 Å². The molecule has 0 heterocycles. The van der Waals surface area contributed by atoms with Gasteiger partial charge in [0.05, 0.1) is 19.7 Å². The molecule has 0 bridgehead atoms. The Kier molecular flexibility index (Phi) is 7.35. The van der Waals surface area contributed by atoms with Crippen molar-refractivity contribution < 1.29 is 14.3 Å². The average molecular weight is 278 g/mol. The largest absolute Gasteiger partial charge is 0.465 e. The summed E-state index contributed by atoms with van der Waals surface area (Å²) in [5.41, 5.74) is 1.05. The molecule has 0 aliphatic rings. The summed E-state index contributed by atoms with van der Waals surface area (Å²) < 4.78 is 4.87. The number of hydrogen-bond donors (Lipinski definition) is 1. The Balaban J connectivity index is 2.34. The van der Waals surface area contributed by atoms with Crippen LogP contribution in [-0.4, -0.2) is 43.0 Å². The molecule has 0 aliphatic carbocycles. The van der Waals surface area contributed by atoms with E-state index < -0.39 is 0 Å². The third-order valence-electron chi connectivity index (χ3n) is 2.80. The Labute approximate surface area is 119 Å². The highest BCUT2D eigenvalue weighted by molar-refractivity contribution is 5.79. The van der Waals surface area contributed by atoms with Crippen LogP contribution in [-0.2, 0) is 20.9 Å². The summed E-state index contributed by atoms with van der Waals surface area (Å²) in [6, 6.07) is 9.71. The van der Waals surface area contributed by atoms with E-state index >= 15 is 0 Å². The van der Waals surface area contributed by atoms with Crippen molar-refractivity contribution >= 4 is 11.9 Å². The number of benzene rings is 1. The highest BCUT2D eigenvalue weighted by Gasteiger charge is 2.13. The molecule has 0 radical (unpaired) electrons. The van der Waals surface area contributed by atoms with Gasteiger partial charge in [-0.1, -0.05) is 37.3 Å². The summed E-state index contributed by atoms with van der Waals surface area (Å²) in [7, 11) is 0. The van der Waals surface area contributed by atoms with E-state index in [1.165, 1.54) is 0 Å². The molecule has 1 N–H and O–H groups in total. The Morgan fingerprint density at radius 1 is 1.15 bits per heavy atom. The topological polar surface area (TPSA) is 58.6 Å². The van der Waals surface area contributed by atoms with Crippen LogP contribution in [0.2, 0.25) is 0 Å². The Hall–Kier alpha value is -1.88. The first kappa shape index (κ1) is 16.2. The smallest absolute Gasteiger partial charge is 0.320 e. The highest BCUT2D eigenvalue weighted by atomic mass is 16.5. The fourth-order valence-electron chi connectivity index (χ4n) is 1.72. The van der Waals surface area contributed by atoms with Crippen molar-refractivity contribution in [3.05, 3.63) is 35.9 Å². The van der Waals surface area contributed by atoms with E-state index in [9.17, 15) is 9.59 Å². The second-order valence-corrected chi connectivity index (χ2v) is 4.37. The lowest BCUT2D eigenvalue weighted by Gasteiger charge is -2.18. The zero-order chi connectivity index (χ0) is 14.8. The molecule has 0 aliphatic heterocycles. The standard InChI is InChI=1S/C15H22N2O3/c1-3-17(12-15(19)20-4-2)11-14(18)16-10-13-8-6-5-7-9-13/h5-9H,3-4,10-12H2,1-2H3,(H,16,18). The summed E-state index contributed by atoms with van der Waals surface area (Å²) in [6.07, 6.45) is 0. The van der Waals surface area contributed by atoms with Crippen molar-refractivity contribution in [1.29, 1.82) is 0 Å². The monoisotopic (exact) mass is 278 g/mol. The summed E-state index contributed by atoms with van der Waals surface area (Å²) in [6.45, 7) is 5.49. The quantitative estimate of drug-likeness (QED) is 0.726. The zero-order valence-electron chi connectivity index (χ0n) is 12.1. The Morgan fingerprint density at radius 2 is 1.85 bits per heavy atom. The van der Waals surface area contributed by atoms with Crippen molar-refractivity contribution in [2.24, 2.45) is 0 Å². The van der Waals surface area contributed by atoms with Crippen molar-refractivity contribution in [3.63, 3.8) is 0 Å². The van der Waals surface area contributed by atoms with Gasteiger partial charge in [0.25, 0.3) is 0 Å². The molecule has 20 heavy (non-hydrogen) atoms. The number of nitrogens with one attached hydrogen (secondary N) is 1. The molecule has 0 spiro atoms. The molecule has 0 fully saturated rings. The maximum atomic E-state index is 11.8. The maximum Gasteiger partial charge on any atom is 0.320 e. The second kappa shape index (κ2) is 9.09. The van der Waals surface area contributed by atoms with Gasteiger partial charge < -0.3 is 10.1 Å². The third kappa shape index (κ3) is 6.33. The first-order valence-corrected chi connectivity index (χ1v) is 6.84. The van der Waals surface area contributed by atoms with Gasteiger partial charge in [-0.3, -0.25) is 14.5 Å². The van der Waals surface area contributed by atoms with Crippen molar-refractivity contribution in [2.75, 3.05) is 26.2 Å². The van der Waals surface area contributed by atoms with Crippen LogP contribution in [0.5, 0.6) is 0 Å². The number of esters is 1. The van der Waals surface area contributed by atoms with Crippen LogP contribution >= 0.6 is 0 Å². The van der Waals surface area contributed by atoms with Crippen molar-refractivity contribution in [3.8, 4) is 0 Å². The van der Waals surface area contributed by atoms with Crippen LogP contribution in [0.4, 0.5) is 0 Å². The molecule has 0 saturated carbocycles. The molecule has 0 aromatic heterocycles. The number of ether oxygens (including phenoxy) is 1. The van der Waals surface area contributed by atoms with E-state index in [0.717, 1.165) is 5.56 Å². The molecular weight excluding hydrogens is 256 g/mol. The fourth-order valence-corrected chi connectivity index (χ4v) is 1.72. The van der Waals surface area contributed by atoms with E-state index in [4.69, 9.17) is 4.74 Å². The van der Waals surface area contributed by atoms with E-state index in [1.54, 1.807) is 11.8 Å². The number of amides is 1. The third-order valence-corrected chi connectivity index (χ3v) is 2.80. The van der Waals surface area contributed by atoms with E-state index in [0.29, 0.717) is 19.7 Å². The van der Waals surface area contributed by atoms with Crippen LogP contribution in [0.1, 0.15) is 19.4 Å². The number of carbonyl (C=O) groups is 2. The molecule has 1 aromatic carbocycles.